The van der Waals surface area contributed by atoms with Crippen LogP contribution in [0, 0.1) is 5.92 Å². The summed E-state index contributed by atoms with van der Waals surface area (Å²) in [6, 6.07) is 10.7. The predicted molar refractivity (Wildman–Crippen MR) is 100 cm³/mol. The van der Waals surface area contributed by atoms with E-state index in [9.17, 15) is 4.79 Å². The van der Waals surface area contributed by atoms with Crippen molar-refractivity contribution >= 4 is 5.91 Å². The van der Waals surface area contributed by atoms with Crippen molar-refractivity contribution in [3.05, 3.63) is 35.9 Å². The van der Waals surface area contributed by atoms with E-state index in [0.29, 0.717) is 18.2 Å². The van der Waals surface area contributed by atoms with E-state index < -0.39 is 0 Å². The molecule has 4 heteroatoms. The zero-order valence-corrected chi connectivity index (χ0v) is 15.5. The molecular weight excluding hydrogens is 312 g/mol. The van der Waals surface area contributed by atoms with Crippen LogP contribution in [0.4, 0.5) is 0 Å². The minimum absolute atomic E-state index is 0.183. The highest BCUT2D eigenvalue weighted by molar-refractivity contribution is 5.76. The molecule has 0 radical (unpaired) electrons. The van der Waals surface area contributed by atoms with E-state index in [0.717, 1.165) is 45.5 Å². The van der Waals surface area contributed by atoms with Crippen molar-refractivity contribution in [3.63, 3.8) is 0 Å². The molecule has 3 atom stereocenters. The Balaban J connectivity index is 1.45. The molecule has 1 aromatic carbocycles. The zero-order chi connectivity index (χ0) is 17.5. The smallest absolute Gasteiger partial charge is 0.224 e. The molecule has 2 fully saturated rings. The van der Waals surface area contributed by atoms with Gasteiger partial charge in [0.05, 0.1) is 6.10 Å². The first-order valence-corrected chi connectivity index (χ1v) is 9.92. The summed E-state index contributed by atoms with van der Waals surface area (Å²) in [7, 11) is 0. The van der Waals surface area contributed by atoms with Crippen molar-refractivity contribution in [1.29, 1.82) is 0 Å². The summed E-state index contributed by atoms with van der Waals surface area (Å²) in [5.41, 5.74) is 1.26. The quantitative estimate of drug-likeness (QED) is 0.858. The monoisotopic (exact) mass is 344 g/mol. The van der Waals surface area contributed by atoms with Gasteiger partial charge in [0.25, 0.3) is 0 Å². The predicted octanol–water partition coefficient (Wildman–Crippen LogP) is 3.54. The van der Waals surface area contributed by atoms with Gasteiger partial charge in [0.1, 0.15) is 0 Å². The Labute approximate surface area is 151 Å². The molecule has 4 nitrogen and oxygen atoms in total. The maximum Gasteiger partial charge on any atom is 0.224 e. The van der Waals surface area contributed by atoms with Crippen molar-refractivity contribution in [2.45, 2.75) is 57.6 Å². The molecule has 3 rings (SSSR count). The second-order valence-corrected chi connectivity index (χ2v) is 7.56. The van der Waals surface area contributed by atoms with Gasteiger partial charge in [-0.25, -0.2) is 0 Å². The molecule has 1 aromatic rings. The second-order valence-electron chi connectivity index (χ2n) is 7.56. The number of carbonyl (C=O) groups is 1. The minimum atomic E-state index is 0.183. The molecule has 25 heavy (non-hydrogen) atoms. The number of ether oxygens (including phenoxy) is 1. The number of likely N-dealkylation sites (tertiary alicyclic amines) is 1. The van der Waals surface area contributed by atoms with Crippen LogP contribution in [-0.2, 0) is 9.53 Å². The zero-order valence-electron chi connectivity index (χ0n) is 15.5. The van der Waals surface area contributed by atoms with Gasteiger partial charge in [-0.2, -0.15) is 0 Å². The topological polar surface area (TPSA) is 41.6 Å². The highest BCUT2D eigenvalue weighted by Crippen LogP contribution is 2.33. The van der Waals surface area contributed by atoms with E-state index >= 15 is 0 Å². The first kappa shape index (κ1) is 18.4. The van der Waals surface area contributed by atoms with Gasteiger partial charge >= 0.3 is 0 Å². The number of nitrogens with one attached hydrogen (secondary N) is 1. The Morgan fingerprint density at radius 1 is 1.20 bits per heavy atom. The molecule has 0 spiro atoms. The average Bonchev–Trinajstić information content (AvgIpc) is 2.93. The van der Waals surface area contributed by atoms with Gasteiger partial charge in [0, 0.05) is 44.6 Å². The van der Waals surface area contributed by atoms with Crippen LogP contribution in [0.15, 0.2) is 30.3 Å². The summed E-state index contributed by atoms with van der Waals surface area (Å²) < 4.78 is 5.96. The highest BCUT2D eigenvalue weighted by atomic mass is 16.5. The lowest BCUT2D eigenvalue weighted by molar-refractivity contribution is -0.131. The first-order valence-electron chi connectivity index (χ1n) is 9.92. The summed E-state index contributed by atoms with van der Waals surface area (Å²) in [5, 5.41) is 3.58. The number of rotatable bonds is 6. The molecule has 0 saturated carbocycles. The molecule has 0 aromatic heterocycles. The van der Waals surface area contributed by atoms with Crippen molar-refractivity contribution in [2.75, 3.05) is 26.2 Å². The molecule has 0 bridgehead atoms. The van der Waals surface area contributed by atoms with Crippen LogP contribution < -0.4 is 5.32 Å². The largest absolute Gasteiger partial charge is 0.373 e. The summed E-state index contributed by atoms with van der Waals surface area (Å²) in [6.45, 7) is 5.75. The molecule has 1 amide bonds. The average molecular weight is 344 g/mol. The third kappa shape index (κ3) is 5.29. The van der Waals surface area contributed by atoms with Crippen LogP contribution in [0.2, 0.25) is 0 Å². The molecular formula is C21H32N2O2. The maximum absolute atomic E-state index is 12.5. The fourth-order valence-corrected chi connectivity index (χ4v) is 3.99. The third-order valence-corrected chi connectivity index (χ3v) is 5.51. The summed E-state index contributed by atoms with van der Waals surface area (Å²) in [4.78, 5) is 14.6. The molecule has 1 N–H and O–H groups in total. The van der Waals surface area contributed by atoms with E-state index in [1.807, 2.05) is 6.07 Å². The lowest BCUT2D eigenvalue weighted by Crippen LogP contribution is -2.39. The molecule has 138 valence electrons. The number of nitrogens with zero attached hydrogens (tertiary/aromatic N) is 1. The van der Waals surface area contributed by atoms with Gasteiger partial charge in [-0.05, 0) is 31.7 Å². The van der Waals surface area contributed by atoms with Crippen LogP contribution >= 0.6 is 0 Å². The number of benzene rings is 1. The molecule has 2 saturated heterocycles. The van der Waals surface area contributed by atoms with Gasteiger partial charge in [-0.15, -0.1) is 0 Å². The van der Waals surface area contributed by atoms with Gasteiger partial charge in [-0.1, -0.05) is 43.2 Å². The molecule has 0 unspecified atom stereocenters. The van der Waals surface area contributed by atoms with Crippen molar-refractivity contribution < 1.29 is 9.53 Å². The lowest BCUT2D eigenvalue weighted by Gasteiger charge is -2.24. The van der Waals surface area contributed by atoms with Crippen LogP contribution in [-0.4, -0.2) is 43.1 Å². The second kappa shape index (κ2) is 9.35. The summed E-state index contributed by atoms with van der Waals surface area (Å²) in [6.07, 6.45) is 6.71. The fourth-order valence-electron chi connectivity index (χ4n) is 3.99. The van der Waals surface area contributed by atoms with Gasteiger partial charge in [0.15, 0.2) is 0 Å². The number of hydrogen-bond donors (Lipinski definition) is 1. The van der Waals surface area contributed by atoms with E-state index in [1.54, 1.807) is 0 Å². The van der Waals surface area contributed by atoms with E-state index in [2.05, 4.69) is 41.4 Å². The Bertz CT molecular complexity index is 526. The molecule has 0 aliphatic carbocycles. The van der Waals surface area contributed by atoms with Crippen molar-refractivity contribution in [1.82, 2.24) is 10.2 Å². The van der Waals surface area contributed by atoms with Crippen molar-refractivity contribution in [3.8, 4) is 0 Å². The number of carbonyl (C=O) groups excluding carboxylic acids is 1. The van der Waals surface area contributed by atoms with Crippen LogP contribution in [0.1, 0.15) is 57.1 Å². The number of hydrogen-bond acceptors (Lipinski definition) is 3. The van der Waals surface area contributed by atoms with E-state index in [4.69, 9.17) is 4.74 Å². The highest BCUT2D eigenvalue weighted by Gasteiger charge is 2.29. The maximum atomic E-state index is 12.5. The van der Waals surface area contributed by atoms with Crippen LogP contribution in [0.3, 0.4) is 0 Å². The van der Waals surface area contributed by atoms with Gasteiger partial charge < -0.3 is 15.0 Å². The normalized spacial score (nSPS) is 25.6. The Morgan fingerprint density at radius 3 is 2.64 bits per heavy atom. The molecule has 2 heterocycles. The van der Waals surface area contributed by atoms with E-state index in [-0.39, 0.29) is 12.1 Å². The lowest BCUT2D eigenvalue weighted by atomic mass is 9.95. The SMILES string of the molecule is C[C@H](CC(=O)N1CCCCCC1)NC[C@H]1CCO[C@@H]1c1ccccc1. The van der Waals surface area contributed by atoms with Crippen LogP contribution in [0.5, 0.6) is 0 Å². The standard InChI is InChI=1S/C21H32N2O2/c1-17(15-20(24)23-12-7-2-3-8-13-23)22-16-19-11-14-25-21(19)18-9-5-4-6-10-18/h4-6,9-10,17,19,21-22H,2-3,7-8,11-16H2,1H3/t17-,19-,21-/m1/s1. The van der Waals surface area contributed by atoms with Crippen LogP contribution in [0.25, 0.3) is 0 Å². The Morgan fingerprint density at radius 2 is 1.92 bits per heavy atom. The third-order valence-electron chi connectivity index (χ3n) is 5.51. The fraction of sp³-hybridized carbons (Fsp3) is 0.667. The van der Waals surface area contributed by atoms with Crippen molar-refractivity contribution in [2.24, 2.45) is 5.92 Å². The summed E-state index contributed by atoms with van der Waals surface area (Å²) >= 11 is 0. The van der Waals surface area contributed by atoms with E-state index in [1.165, 1.54) is 18.4 Å². The molecule has 2 aliphatic heterocycles. The Kier molecular flexibility index (Phi) is 6.88. The van der Waals surface area contributed by atoms with Gasteiger partial charge in [0.2, 0.25) is 5.91 Å². The molecule has 2 aliphatic rings. The van der Waals surface area contributed by atoms with Gasteiger partial charge in [-0.3, -0.25) is 4.79 Å². The Hall–Kier alpha value is -1.39. The minimum Gasteiger partial charge on any atom is -0.373 e. The summed E-state index contributed by atoms with van der Waals surface area (Å²) in [5.74, 6) is 0.794. The number of amides is 1. The first-order chi connectivity index (χ1) is 12.2.